The Bertz CT molecular complexity index is 4870. The second-order valence-corrected chi connectivity index (χ2v) is 20.3. The monoisotopic (exact) mass is 957 g/mol. The van der Waals surface area contributed by atoms with Crippen molar-refractivity contribution in [2.45, 2.75) is 12.5 Å². The molecule has 0 fully saturated rings. The maximum Gasteiger partial charge on any atom is 0.263 e. The van der Waals surface area contributed by atoms with E-state index in [1.54, 1.807) is 0 Å². The van der Waals surface area contributed by atoms with E-state index in [0.29, 0.717) is 5.39 Å². The summed E-state index contributed by atoms with van der Waals surface area (Å²) in [4.78, 5) is 15.3. The maximum atomic E-state index is 15.3. The van der Waals surface area contributed by atoms with Crippen LogP contribution in [0, 0.1) is 0 Å². The smallest absolute Gasteiger partial charge is 0.263 e. The van der Waals surface area contributed by atoms with Gasteiger partial charge in [-0.3, -0.25) is 9.20 Å². The molecule has 10 aromatic carbocycles. The highest BCUT2D eigenvalue weighted by molar-refractivity contribution is 6.27. The van der Waals surface area contributed by atoms with Crippen LogP contribution in [0.25, 0.3) is 126 Å². The molecule has 0 radical (unpaired) electrons. The van der Waals surface area contributed by atoms with Gasteiger partial charge in [-0.2, -0.15) is 0 Å². The first-order chi connectivity index (χ1) is 36.9. The van der Waals surface area contributed by atoms with Crippen molar-refractivity contribution in [1.82, 2.24) is 13.5 Å². The summed E-state index contributed by atoms with van der Waals surface area (Å²) < 4.78 is 7.02. The van der Waals surface area contributed by atoms with Crippen molar-refractivity contribution < 1.29 is 0 Å². The predicted octanol–water partition coefficient (Wildman–Crippen LogP) is 17.8. The zero-order chi connectivity index (χ0) is 50.1. The van der Waals surface area contributed by atoms with Gasteiger partial charge in [0.05, 0.1) is 38.6 Å². The van der Waals surface area contributed by atoms with Gasteiger partial charge in [0.25, 0.3) is 5.56 Å². The van der Waals surface area contributed by atoms with E-state index in [-0.39, 0.29) is 5.56 Å². The molecular weight excluding hydrogens is 911 g/mol. The molecule has 0 saturated heterocycles. The SMILES string of the molecule is C=C1/C=C\C(C)(n2c3ccccc3c3ccc4c5ccccc5n(-c5ccccc5)c4c32)/C=C(/c2cc3c4ccccc4c(=O)n4c5c(-c6ccccc6)ccc(-c6ccccc6)c5c(c2)c34)C(=C)c2ccccc21. The molecule has 1 aliphatic carbocycles. The van der Waals surface area contributed by atoms with Crippen LogP contribution in [0.4, 0.5) is 0 Å². The van der Waals surface area contributed by atoms with Gasteiger partial charge in [-0.1, -0.05) is 207 Å². The largest absolute Gasteiger partial charge is 0.326 e. The average Bonchev–Trinajstić information content (AvgIpc) is 4.20. The Morgan fingerprint density at radius 2 is 0.960 bits per heavy atom. The molecular formula is C71H47N3O. The van der Waals surface area contributed by atoms with E-state index in [0.717, 1.165) is 116 Å². The van der Waals surface area contributed by atoms with Gasteiger partial charge in [-0.15, -0.1) is 0 Å². The lowest BCUT2D eigenvalue weighted by molar-refractivity contribution is 0.552. The number of allylic oxidation sites excluding steroid dienone is 6. The van der Waals surface area contributed by atoms with Crippen LogP contribution in [0.1, 0.15) is 23.6 Å². The third-order valence-electron chi connectivity index (χ3n) is 16.1. The summed E-state index contributed by atoms with van der Waals surface area (Å²) in [5, 5.41) is 9.35. The Hall–Kier alpha value is -9.77. The molecule has 1 unspecified atom stereocenters. The fraction of sp³-hybridized carbons (Fsp3) is 0.0282. The lowest BCUT2D eigenvalue weighted by atomic mass is 9.85. The quantitative estimate of drug-likeness (QED) is 0.158. The molecule has 75 heavy (non-hydrogen) atoms. The third kappa shape index (κ3) is 6.14. The Morgan fingerprint density at radius 1 is 0.413 bits per heavy atom. The highest BCUT2D eigenvalue weighted by atomic mass is 16.1. The predicted molar refractivity (Wildman–Crippen MR) is 317 cm³/mol. The Kier molecular flexibility index (Phi) is 9.21. The highest BCUT2D eigenvalue weighted by Crippen LogP contribution is 2.49. The summed E-state index contributed by atoms with van der Waals surface area (Å²) in [5.41, 5.74) is 16.6. The molecule has 0 amide bonds. The van der Waals surface area contributed by atoms with Gasteiger partial charge < -0.3 is 9.13 Å². The fourth-order valence-electron chi connectivity index (χ4n) is 12.8. The Balaban J connectivity index is 1.12. The van der Waals surface area contributed by atoms with Gasteiger partial charge in [-0.05, 0) is 111 Å². The number of fused-ring (bicyclic) bond motifs is 13. The molecule has 0 spiro atoms. The van der Waals surface area contributed by atoms with Crippen LogP contribution in [0.5, 0.6) is 0 Å². The first-order valence-corrected chi connectivity index (χ1v) is 25.7. The van der Waals surface area contributed by atoms with Crippen molar-refractivity contribution in [1.29, 1.82) is 0 Å². The number of rotatable bonds is 5. The standard InChI is InChI=1S/C71H47N3O/c1-44-39-40-71(3,74-64-34-20-18-31-56(64)58-38-37-57-55-30-17-19-33-63(55)72(68(57)69(58)74)49-25-11-6-12-26-49)43-62(45(2)51-28-14-13-27-50(44)51)48-41-60-54-29-15-16-32-59(54)70(75)73-66(60)61(42-48)65-52(46-21-7-4-8-22-46)35-36-53(67(65)73)47-23-9-5-10-24-47/h4-43H,1-2H2,3H3/b40-39-,62-43+. The Morgan fingerprint density at radius 3 is 1.68 bits per heavy atom. The summed E-state index contributed by atoms with van der Waals surface area (Å²) in [6.07, 6.45) is 6.99. The third-order valence-corrected chi connectivity index (χ3v) is 16.1. The summed E-state index contributed by atoms with van der Waals surface area (Å²) in [6, 6.07) is 79.8. The number of nitrogens with zero attached hydrogens (tertiary/aromatic N) is 3. The Labute approximate surface area is 432 Å². The van der Waals surface area contributed by atoms with Gasteiger partial charge in [0, 0.05) is 54.3 Å². The minimum absolute atomic E-state index is 0.0324. The molecule has 14 aromatic rings. The van der Waals surface area contributed by atoms with Crippen LogP contribution in [0.3, 0.4) is 0 Å². The molecule has 352 valence electrons. The van der Waals surface area contributed by atoms with E-state index in [1.807, 2.05) is 28.7 Å². The maximum absolute atomic E-state index is 15.3. The molecule has 4 nitrogen and oxygen atoms in total. The second kappa shape index (κ2) is 16.1. The number of hydrogen-bond acceptors (Lipinski definition) is 1. The van der Waals surface area contributed by atoms with Crippen molar-refractivity contribution in [3.8, 4) is 27.9 Å². The fourth-order valence-corrected chi connectivity index (χ4v) is 12.8. The first-order valence-electron chi connectivity index (χ1n) is 25.7. The molecule has 15 rings (SSSR count). The van der Waals surface area contributed by atoms with E-state index >= 15 is 4.79 Å². The van der Waals surface area contributed by atoms with E-state index in [9.17, 15) is 0 Å². The molecule has 0 N–H and O–H groups in total. The van der Waals surface area contributed by atoms with Gasteiger partial charge in [0.1, 0.15) is 0 Å². The first kappa shape index (κ1) is 42.9. The zero-order valence-electron chi connectivity index (χ0n) is 41.3. The number of para-hydroxylation sites is 3. The molecule has 1 atom stereocenters. The molecule has 1 aliphatic rings. The molecule has 4 aromatic heterocycles. The summed E-state index contributed by atoms with van der Waals surface area (Å²) in [7, 11) is 0. The van der Waals surface area contributed by atoms with Crippen molar-refractivity contribution in [3.05, 3.63) is 283 Å². The van der Waals surface area contributed by atoms with Gasteiger partial charge >= 0.3 is 0 Å². The van der Waals surface area contributed by atoms with E-state index in [2.05, 4.69) is 234 Å². The normalized spacial score (nSPS) is 16.3. The van der Waals surface area contributed by atoms with Crippen molar-refractivity contribution in [2.75, 3.05) is 0 Å². The van der Waals surface area contributed by atoms with Crippen molar-refractivity contribution in [2.24, 2.45) is 0 Å². The minimum atomic E-state index is -0.833. The van der Waals surface area contributed by atoms with Crippen LogP contribution in [-0.2, 0) is 5.54 Å². The van der Waals surface area contributed by atoms with Crippen molar-refractivity contribution in [3.63, 3.8) is 0 Å². The lowest BCUT2D eigenvalue weighted by Gasteiger charge is -2.30. The van der Waals surface area contributed by atoms with Crippen molar-refractivity contribution >= 4 is 98.3 Å². The molecule has 0 bridgehead atoms. The van der Waals surface area contributed by atoms with Crippen LogP contribution < -0.4 is 5.56 Å². The van der Waals surface area contributed by atoms with Gasteiger partial charge in [-0.25, -0.2) is 0 Å². The van der Waals surface area contributed by atoms with Gasteiger partial charge in [0.2, 0.25) is 0 Å². The van der Waals surface area contributed by atoms with E-state index in [1.165, 1.54) is 21.5 Å². The minimum Gasteiger partial charge on any atom is -0.326 e. The molecule has 4 heteroatoms. The number of benzene rings is 10. The van der Waals surface area contributed by atoms with Crippen LogP contribution >= 0.6 is 0 Å². The number of hydrogen-bond donors (Lipinski definition) is 0. The van der Waals surface area contributed by atoms with Crippen LogP contribution in [0.2, 0.25) is 0 Å². The average molecular weight is 958 g/mol. The lowest BCUT2D eigenvalue weighted by Crippen LogP contribution is -2.26. The summed E-state index contributed by atoms with van der Waals surface area (Å²) in [5.74, 6) is 0. The summed E-state index contributed by atoms with van der Waals surface area (Å²) in [6.45, 7) is 12.2. The summed E-state index contributed by atoms with van der Waals surface area (Å²) >= 11 is 0. The second-order valence-electron chi connectivity index (χ2n) is 20.3. The number of aromatic nitrogens is 3. The van der Waals surface area contributed by atoms with Crippen LogP contribution in [0.15, 0.2) is 261 Å². The van der Waals surface area contributed by atoms with Gasteiger partial charge in [0.15, 0.2) is 0 Å². The molecule has 4 heterocycles. The molecule has 0 aliphatic heterocycles. The van der Waals surface area contributed by atoms with E-state index in [4.69, 9.17) is 13.2 Å². The zero-order valence-corrected chi connectivity index (χ0v) is 41.3. The highest BCUT2D eigenvalue weighted by Gasteiger charge is 2.32. The topological polar surface area (TPSA) is 31.3 Å². The van der Waals surface area contributed by atoms with E-state index < -0.39 is 5.54 Å². The van der Waals surface area contributed by atoms with Crippen LogP contribution in [-0.4, -0.2) is 13.5 Å². The number of pyridine rings is 1. The molecule has 0 saturated carbocycles.